The Hall–Kier alpha value is 0.180. The third kappa shape index (κ3) is 9.99. The molecule has 0 bridgehead atoms. The van der Waals surface area contributed by atoms with Gasteiger partial charge in [-0.05, 0) is 44.9 Å². The average Bonchev–Trinajstić information content (AvgIpc) is 3.20. The van der Waals surface area contributed by atoms with Crippen molar-refractivity contribution in [3.05, 3.63) is 12.2 Å². The minimum absolute atomic E-state index is 0.611. The summed E-state index contributed by atoms with van der Waals surface area (Å²) in [6.45, 7) is 2.26. The first-order valence-corrected chi connectivity index (χ1v) is 9.87. The number of alkyl halides is 1. The number of epoxide rings is 1. The van der Waals surface area contributed by atoms with Crippen molar-refractivity contribution in [2.75, 3.05) is 5.33 Å². The second-order valence-corrected chi connectivity index (χ2v) is 6.80. The molecule has 0 aliphatic carbocycles. The van der Waals surface area contributed by atoms with Crippen molar-refractivity contribution in [2.24, 2.45) is 0 Å². The zero-order chi connectivity index (χ0) is 14.5. The SMILES string of the molecule is CCCCCC1OC1CCCCC=CCCCCCBr. The Kier molecular flexibility index (Phi) is 11.7. The van der Waals surface area contributed by atoms with Gasteiger partial charge in [-0.2, -0.15) is 0 Å². The summed E-state index contributed by atoms with van der Waals surface area (Å²) in [6, 6.07) is 0. The van der Waals surface area contributed by atoms with E-state index in [1.54, 1.807) is 0 Å². The zero-order valence-corrected chi connectivity index (χ0v) is 14.9. The van der Waals surface area contributed by atoms with Gasteiger partial charge in [-0.3, -0.25) is 0 Å². The van der Waals surface area contributed by atoms with Gasteiger partial charge in [0, 0.05) is 5.33 Å². The number of hydrogen-bond acceptors (Lipinski definition) is 1. The molecule has 0 saturated carbocycles. The zero-order valence-electron chi connectivity index (χ0n) is 13.3. The van der Waals surface area contributed by atoms with Crippen molar-refractivity contribution in [3.63, 3.8) is 0 Å². The number of ether oxygens (including phenoxy) is 1. The molecule has 1 nitrogen and oxygen atoms in total. The fraction of sp³-hybridized carbons (Fsp3) is 0.889. The highest BCUT2D eigenvalue weighted by Crippen LogP contribution is 2.31. The first kappa shape index (κ1) is 18.2. The molecule has 1 aliphatic rings. The van der Waals surface area contributed by atoms with Gasteiger partial charge in [-0.1, -0.05) is 67.1 Å². The third-order valence-electron chi connectivity index (χ3n) is 4.06. The van der Waals surface area contributed by atoms with E-state index in [1.807, 2.05) is 0 Å². The minimum atomic E-state index is 0.611. The Morgan fingerprint density at radius 3 is 2.00 bits per heavy atom. The molecule has 0 N–H and O–H groups in total. The van der Waals surface area contributed by atoms with Gasteiger partial charge in [0.1, 0.15) is 0 Å². The van der Waals surface area contributed by atoms with Crippen LogP contribution in [0.4, 0.5) is 0 Å². The normalized spacial score (nSPS) is 21.7. The predicted octanol–water partition coefficient (Wildman–Crippen LogP) is 6.41. The molecule has 0 aromatic carbocycles. The van der Waals surface area contributed by atoms with E-state index in [-0.39, 0.29) is 0 Å². The molecular weight excluding hydrogens is 312 g/mol. The highest BCUT2D eigenvalue weighted by atomic mass is 79.9. The van der Waals surface area contributed by atoms with Crippen LogP contribution in [0.3, 0.4) is 0 Å². The van der Waals surface area contributed by atoms with Crippen molar-refractivity contribution in [3.8, 4) is 0 Å². The fourth-order valence-electron chi connectivity index (χ4n) is 2.66. The molecule has 0 aromatic rings. The second kappa shape index (κ2) is 12.9. The second-order valence-electron chi connectivity index (χ2n) is 6.00. The van der Waals surface area contributed by atoms with E-state index in [4.69, 9.17) is 4.74 Å². The number of rotatable bonds is 14. The van der Waals surface area contributed by atoms with Crippen LogP contribution in [0, 0.1) is 0 Å². The van der Waals surface area contributed by atoms with Crippen LogP contribution in [-0.2, 0) is 4.74 Å². The lowest BCUT2D eigenvalue weighted by atomic mass is 10.1. The highest BCUT2D eigenvalue weighted by molar-refractivity contribution is 9.09. The standard InChI is InChI=1S/C18H33BrO/c1-2-3-11-14-17-18(20-17)15-12-9-7-5-4-6-8-10-13-16-19/h4-5,17-18H,2-3,6-16H2,1H3. The summed E-state index contributed by atoms with van der Waals surface area (Å²) in [4.78, 5) is 0. The lowest BCUT2D eigenvalue weighted by Gasteiger charge is -1.97. The van der Waals surface area contributed by atoms with Crippen LogP contribution in [-0.4, -0.2) is 17.5 Å². The van der Waals surface area contributed by atoms with Crippen LogP contribution in [0.5, 0.6) is 0 Å². The fourth-order valence-corrected chi connectivity index (χ4v) is 3.06. The van der Waals surface area contributed by atoms with Crippen molar-refractivity contribution >= 4 is 15.9 Å². The highest BCUT2D eigenvalue weighted by Gasteiger charge is 2.36. The molecule has 2 unspecified atom stereocenters. The maximum Gasteiger partial charge on any atom is 0.0841 e. The Bertz CT molecular complexity index is 240. The largest absolute Gasteiger partial charge is 0.370 e. The van der Waals surface area contributed by atoms with E-state index in [0.717, 1.165) is 5.33 Å². The maximum atomic E-state index is 5.72. The molecule has 0 amide bonds. The maximum absolute atomic E-state index is 5.72. The van der Waals surface area contributed by atoms with Crippen LogP contribution in [0.2, 0.25) is 0 Å². The summed E-state index contributed by atoms with van der Waals surface area (Å²) in [5, 5.41) is 1.15. The van der Waals surface area contributed by atoms with Gasteiger partial charge in [0.2, 0.25) is 0 Å². The van der Waals surface area contributed by atoms with Gasteiger partial charge in [0.05, 0.1) is 12.2 Å². The van der Waals surface area contributed by atoms with Crippen LogP contribution in [0.1, 0.15) is 84.0 Å². The van der Waals surface area contributed by atoms with Gasteiger partial charge < -0.3 is 4.74 Å². The molecule has 2 heteroatoms. The van der Waals surface area contributed by atoms with E-state index in [2.05, 4.69) is 35.0 Å². The summed E-state index contributed by atoms with van der Waals surface area (Å²) in [7, 11) is 0. The lowest BCUT2D eigenvalue weighted by Crippen LogP contribution is -1.94. The molecule has 20 heavy (non-hydrogen) atoms. The summed E-state index contributed by atoms with van der Waals surface area (Å²) >= 11 is 3.47. The number of halogens is 1. The van der Waals surface area contributed by atoms with Crippen LogP contribution >= 0.6 is 15.9 Å². The summed E-state index contributed by atoms with van der Waals surface area (Å²) in [5.41, 5.74) is 0. The van der Waals surface area contributed by atoms with Gasteiger partial charge in [0.15, 0.2) is 0 Å². The third-order valence-corrected chi connectivity index (χ3v) is 4.62. The summed E-state index contributed by atoms with van der Waals surface area (Å²) in [5.74, 6) is 0. The smallest absolute Gasteiger partial charge is 0.0841 e. The van der Waals surface area contributed by atoms with E-state index in [1.165, 1.54) is 77.0 Å². The van der Waals surface area contributed by atoms with Gasteiger partial charge in [0.25, 0.3) is 0 Å². The molecule has 1 heterocycles. The van der Waals surface area contributed by atoms with Crippen LogP contribution in [0.15, 0.2) is 12.2 Å². The quantitative estimate of drug-likeness (QED) is 0.153. The van der Waals surface area contributed by atoms with Gasteiger partial charge in [-0.25, -0.2) is 0 Å². The first-order valence-electron chi connectivity index (χ1n) is 8.75. The van der Waals surface area contributed by atoms with Crippen molar-refractivity contribution in [1.82, 2.24) is 0 Å². The molecule has 1 fully saturated rings. The van der Waals surface area contributed by atoms with E-state index in [9.17, 15) is 0 Å². The van der Waals surface area contributed by atoms with Crippen molar-refractivity contribution in [2.45, 2.75) is 96.2 Å². The Morgan fingerprint density at radius 1 is 0.800 bits per heavy atom. The molecule has 0 radical (unpaired) electrons. The Morgan fingerprint density at radius 2 is 1.40 bits per heavy atom. The van der Waals surface area contributed by atoms with Gasteiger partial charge >= 0.3 is 0 Å². The van der Waals surface area contributed by atoms with E-state index in [0.29, 0.717) is 12.2 Å². The van der Waals surface area contributed by atoms with Crippen molar-refractivity contribution < 1.29 is 4.74 Å². The summed E-state index contributed by atoms with van der Waals surface area (Å²) in [6.07, 6.45) is 21.8. The Labute approximate surface area is 134 Å². The molecule has 0 spiro atoms. The van der Waals surface area contributed by atoms with E-state index >= 15 is 0 Å². The minimum Gasteiger partial charge on any atom is -0.370 e. The molecule has 2 atom stereocenters. The molecular formula is C18H33BrO. The van der Waals surface area contributed by atoms with Crippen LogP contribution < -0.4 is 0 Å². The van der Waals surface area contributed by atoms with Crippen LogP contribution in [0.25, 0.3) is 0 Å². The number of hydrogen-bond donors (Lipinski definition) is 0. The molecule has 118 valence electrons. The first-order chi connectivity index (χ1) is 9.88. The molecule has 1 aliphatic heterocycles. The molecule has 0 aromatic heterocycles. The molecule has 1 saturated heterocycles. The molecule has 1 rings (SSSR count). The average molecular weight is 345 g/mol. The Balaban J connectivity index is 1.78. The topological polar surface area (TPSA) is 12.5 Å². The van der Waals surface area contributed by atoms with Gasteiger partial charge in [-0.15, -0.1) is 0 Å². The predicted molar refractivity (Wildman–Crippen MR) is 92.7 cm³/mol. The number of unbranched alkanes of at least 4 members (excludes halogenated alkanes) is 7. The monoisotopic (exact) mass is 344 g/mol. The lowest BCUT2D eigenvalue weighted by molar-refractivity contribution is 0.349. The van der Waals surface area contributed by atoms with E-state index < -0.39 is 0 Å². The summed E-state index contributed by atoms with van der Waals surface area (Å²) < 4.78 is 5.72. The van der Waals surface area contributed by atoms with Crippen molar-refractivity contribution in [1.29, 1.82) is 0 Å². The number of allylic oxidation sites excluding steroid dienone is 2.